The molecule has 0 bridgehead atoms. The van der Waals surface area contributed by atoms with Crippen LogP contribution in [0.2, 0.25) is 0 Å². The van der Waals surface area contributed by atoms with Gasteiger partial charge in [-0.25, -0.2) is 4.79 Å². The number of rotatable bonds is 5. The monoisotopic (exact) mass is 339 g/mol. The maximum absolute atomic E-state index is 12.0. The Morgan fingerprint density at radius 1 is 0.960 bits per heavy atom. The SMILES string of the molecule is CN(C)c1ccc(CCNC(=O)Nc2ccc(C(C)(C)C)cc2)cc1. The van der Waals surface area contributed by atoms with Gasteiger partial charge in [-0.15, -0.1) is 0 Å². The predicted octanol–water partition coefficient (Wildman–Crippen LogP) is 4.41. The second-order valence-electron chi connectivity index (χ2n) is 7.52. The van der Waals surface area contributed by atoms with Crippen LogP contribution in [0.1, 0.15) is 31.9 Å². The number of hydrogen-bond donors (Lipinski definition) is 2. The van der Waals surface area contributed by atoms with E-state index in [9.17, 15) is 4.79 Å². The van der Waals surface area contributed by atoms with Crippen molar-refractivity contribution >= 4 is 17.4 Å². The van der Waals surface area contributed by atoms with Gasteiger partial charge in [-0.1, -0.05) is 45.0 Å². The van der Waals surface area contributed by atoms with Crippen LogP contribution in [0.4, 0.5) is 16.2 Å². The van der Waals surface area contributed by atoms with E-state index in [-0.39, 0.29) is 11.4 Å². The molecule has 0 radical (unpaired) electrons. The summed E-state index contributed by atoms with van der Waals surface area (Å²) in [6, 6.07) is 16.2. The molecule has 0 fully saturated rings. The van der Waals surface area contributed by atoms with Crippen molar-refractivity contribution in [2.45, 2.75) is 32.6 Å². The van der Waals surface area contributed by atoms with Crippen LogP contribution in [0.5, 0.6) is 0 Å². The lowest BCUT2D eigenvalue weighted by Crippen LogP contribution is -2.30. The van der Waals surface area contributed by atoms with E-state index >= 15 is 0 Å². The second-order valence-corrected chi connectivity index (χ2v) is 7.52. The van der Waals surface area contributed by atoms with Crippen LogP contribution in [-0.4, -0.2) is 26.7 Å². The van der Waals surface area contributed by atoms with Gasteiger partial charge in [0.25, 0.3) is 0 Å². The molecule has 0 aliphatic heterocycles. The topological polar surface area (TPSA) is 44.4 Å². The zero-order chi connectivity index (χ0) is 18.4. The van der Waals surface area contributed by atoms with E-state index in [4.69, 9.17) is 0 Å². The van der Waals surface area contributed by atoms with Crippen LogP contribution in [0.25, 0.3) is 0 Å². The van der Waals surface area contributed by atoms with Gasteiger partial charge in [0.15, 0.2) is 0 Å². The number of anilines is 2. The Labute approximate surface area is 151 Å². The molecule has 2 N–H and O–H groups in total. The van der Waals surface area contributed by atoms with Gasteiger partial charge in [0, 0.05) is 32.0 Å². The third-order valence-electron chi connectivity index (χ3n) is 4.16. The van der Waals surface area contributed by atoms with Gasteiger partial charge >= 0.3 is 6.03 Å². The van der Waals surface area contributed by atoms with E-state index < -0.39 is 0 Å². The Bertz CT molecular complexity index is 683. The van der Waals surface area contributed by atoms with Crippen LogP contribution in [0.15, 0.2) is 48.5 Å². The fourth-order valence-electron chi connectivity index (χ4n) is 2.51. The maximum atomic E-state index is 12.0. The second kappa shape index (κ2) is 8.06. The minimum Gasteiger partial charge on any atom is -0.378 e. The van der Waals surface area contributed by atoms with Crippen molar-refractivity contribution in [3.63, 3.8) is 0 Å². The predicted molar refractivity (Wildman–Crippen MR) is 107 cm³/mol. The average Bonchev–Trinajstić information content (AvgIpc) is 2.55. The van der Waals surface area contributed by atoms with Gasteiger partial charge in [-0.2, -0.15) is 0 Å². The summed E-state index contributed by atoms with van der Waals surface area (Å²) in [7, 11) is 4.05. The number of benzene rings is 2. The van der Waals surface area contributed by atoms with Gasteiger partial charge < -0.3 is 15.5 Å². The molecule has 0 heterocycles. The molecule has 0 spiro atoms. The van der Waals surface area contributed by atoms with Crippen LogP contribution < -0.4 is 15.5 Å². The molecule has 2 amide bonds. The van der Waals surface area contributed by atoms with E-state index in [0.717, 1.165) is 12.1 Å². The molecule has 0 aliphatic carbocycles. The molecule has 2 rings (SSSR count). The number of nitrogens with one attached hydrogen (secondary N) is 2. The number of nitrogens with zero attached hydrogens (tertiary/aromatic N) is 1. The Morgan fingerprint density at radius 2 is 1.56 bits per heavy atom. The standard InChI is InChI=1S/C21H29N3O/c1-21(2,3)17-8-10-18(11-9-17)23-20(25)22-15-14-16-6-12-19(13-7-16)24(4)5/h6-13H,14-15H2,1-5H3,(H2,22,23,25). The summed E-state index contributed by atoms with van der Waals surface area (Å²) in [5.41, 5.74) is 4.55. The molecule has 2 aromatic rings. The van der Waals surface area contributed by atoms with Crippen LogP contribution in [-0.2, 0) is 11.8 Å². The van der Waals surface area contributed by atoms with Crippen molar-refractivity contribution in [2.24, 2.45) is 0 Å². The van der Waals surface area contributed by atoms with Crippen LogP contribution in [0, 0.1) is 0 Å². The van der Waals surface area contributed by atoms with E-state index in [1.807, 2.05) is 26.2 Å². The highest BCUT2D eigenvalue weighted by molar-refractivity contribution is 5.89. The van der Waals surface area contributed by atoms with Gasteiger partial charge in [0.1, 0.15) is 0 Å². The number of carbonyl (C=O) groups is 1. The van der Waals surface area contributed by atoms with Crippen molar-refractivity contribution in [1.82, 2.24) is 5.32 Å². The first-order valence-corrected chi connectivity index (χ1v) is 8.67. The van der Waals surface area contributed by atoms with E-state index in [1.54, 1.807) is 0 Å². The Morgan fingerprint density at radius 3 is 2.08 bits per heavy atom. The molecule has 0 unspecified atom stereocenters. The molecular weight excluding hydrogens is 310 g/mol. The lowest BCUT2D eigenvalue weighted by Gasteiger charge is -2.19. The summed E-state index contributed by atoms with van der Waals surface area (Å²) in [6.45, 7) is 7.13. The van der Waals surface area contributed by atoms with E-state index in [0.29, 0.717) is 6.54 Å². The summed E-state index contributed by atoms with van der Waals surface area (Å²) >= 11 is 0. The Balaban J connectivity index is 1.78. The van der Waals surface area contributed by atoms with E-state index in [2.05, 4.69) is 72.7 Å². The molecule has 134 valence electrons. The fourth-order valence-corrected chi connectivity index (χ4v) is 2.51. The summed E-state index contributed by atoms with van der Waals surface area (Å²) in [5, 5.41) is 5.78. The van der Waals surface area contributed by atoms with Gasteiger partial charge in [0.05, 0.1) is 0 Å². The van der Waals surface area contributed by atoms with Crippen LogP contribution >= 0.6 is 0 Å². The molecule has 0 aromatic heterocycles. The lowest BCUT2D eigenvalue weighted by molar-refractivity contribution is 0.252. The van der Waals surface area contributed by atoms with E-state index in [1.165, 1.54) is 16.8 Å². The molecule has 2 aromatic carbocycles. The van der Waals surface area contributed by atoms with Gasteiger partial charge in [-0.3, -0.25) is 0 Å². The maximum Gasteiger partial charge on any atom is 0.319 e. The molecular formula is C21H29N3O. The highest BCUT2D eigenvalue weighted by atomic mass is 16.2. The summed E-state index contributed by atoms with van der Waals surface area (Å²) in [5.74, 6) is 0. The van der Waals surface area contributed by atoms with Crippen molar-refractivity contribution in [3.05, 3.63) is 59.7 Å². The summed E-state index contributed by atoms with van der Waals surface area (Å²) in [4.78, 5) is 14.1. The molecule has 4 heteroatoms. The smallest absolute Gasteiger partial charge is 0.319 e. The molecule has 0 saturated carbocycles. The quantitative estimate of drug-likeness (QED) is 0.847. The minimum atomic E-state index is -0.173. The molecule has 0 atom stereocenters. The number of urea groups is 1. The van der Waals surface area contributed by atoms with Crippen LogP contribution in [0.3, 0.4) is 0 Å². The Hall–Kier alpha value is -2.49. The zero-order valence-corrected chi connectivity index (χ0v) is 15.9. The van der Waals surface area contributed by atoms with Gasteiger partial charge in [0.2, 0.25) is 0 Å². The van der Waals surface area contributed by atoms with Crippen molar-refractivity contribution < 1.29 is 4.79 Å². The molecule has 25 heavy (non-hydrogen) atoms. The lowest BCUT2D eigenvalue weighted by atomic mass is 9.87. The molecule has 4 nitrogen and oxygen atoms in total. The van der Waals surface area contributed by atoms with Crippen molar-refractivity contribution in [3.8, 4) is 0 Å². The third-order valence-corrected chi connectivity index (χ3v) is 4.16. The largest absolute Gasteiger partial charge is 0.378 e. The Kier molecular flexibility index (Phi) is 6.07. The summed E-state index contributed by atoms with van der Waals surface area (Å²) < 4.78 is 0. The average molecular weight is 339 g/mol. The van der Waals surface area contributed by atoms with Crippen molar-refractivity contribution in [2.75, 3.05) is 30.9 Å². The normalized spacial score (nSPS) is 11.1. The summed E-state index contributed by atoms with van der Waals surface area (Å²) in [6.07, 6.45) is 0.810. The molecule has 0 saturated heterocycles. The number of amides is 2. The highest BCUT2D eigenvalue weighted by Gasteiger charge is 2.13. The number of carbonyl (C=O) groups excluding carboxylic acids is 1. The number of hydrogen-bond acceptors (Lipinski definition) is 2. The minimum absolute atomic E-state index is 0.114. The molecule has 0 aliphatic rings. The first kappa shape index (κ1) is 18.8. The fraction of sp³-hybridized carbons (Fsp3) is 0.381. The third kappa shape index (κ3) is 5.82. The van der Waals surface area contributed by atoms with Crippen molar-refractivity contribution in [1.29, 1.82) is 0 Å². The van der Waals surface area contributed by atoms with Gasteiger partial charge in [-0.05, 0) is 47.2 Å². The highest BCUT2D eigenvalue weighted by Crippen LogP contribution is 2.23. The first-order chi connectivity index (χ1) is 11.8. The first-order valence-electron chi connectivity index (χ1n) is 8.67. The zero-order valence-electron chi connectivity index (χ0n) is 15.9.